The van der Waals surface area contributed by atoms with Gasteiger partial charge in [-0.15, -0.1) is 0 Å². The van der Waals surface area contributed by atoms with Crippen molar-refractivity contribution in [3.63, 3.8) is 0 Å². The molecule has 256 valence electrons. The number of carbonyl (C=O) groups excluding carboxylic acids is 4. The number of amides is 4. The summed E-state index contributed by atoms with van der Waals surface area (Å²) in [6.07, 6.45) is 2.05. The van der Waals surface area contributed by atoms with Crippen molar-refractivity contribution in [1.29, 1.82) is 0 Å². The Bertz CT molecular complexity index is 1960. The number of nitrogens with zero attached hydrogens (tertiary/aromatic N) is 4. The predicted octanol–water partition coefficient (Wildman–Crippen LogP) is 4.64. The topological polar surface area (TPSA) is 138 Å². The van der Waals surface area contributed by atoms with E-state index in [2.05, 4.69) is 15.1 Å². The van der Waals surface area contributed by atoms with E-state index < -0.39 is 29.6 Å². The first-order chi connectivity index (χ1) is 24.1. The molecular formula is C38H37FN6O5. The number of nitrogens with one attached hydrogen (secondary N) is 1. The summed E-state index contributed by atoms with van der Waals surface area (Å²) >= 11 is 0. The second-order valence-electron chi connectivity index (χ2n) is 13.0. The van der Waals surface area contributed by atoms with Crippen molar-refractivity contribution in [2.24, 2.45) is 5.73 Å². The Labute approximate surface area is 288 Å². The molecule has 4 aromatic rings. The molecule has 0 radical (unpaired) electrons. The lowest BCUT2D eigenvalue weighted by atomic mass is 10.0. The lowest BCUT2D eigenvalue weighted by Crippen LogP contribution is -2.52. The lowest BCUT2D eigenvalue weighted by molar-refractivity contribution is -0.136. The molecule has 0 saturated carbocycles. The molecule has 1 aromatic heterocycles. The van der Waals surface area contributed by atoms with Gasteiger partial charge in [-0.1, -0.05) is 24.3 Å². The Morgan fingerprint density at radius 1 is 0.980 bits per heavy atom. The van der Waals surface area contributed by atoms with E-state index in [-0.39, 0.29) is 36.9 Å². The fourth-order valence-corrected chi connectivity index (χ4v) is 7.11. The molecule has 12 heteroatoms. The highest BCUT2D eigenvalue weighted by Crippen LogP contribution is 2.32. The molecule has 0 bridgehead atoms. The van der Waals surface area contributed by atoms with E-state index in [4.69, 9.17) is 15.5 Å². The van der Waals surface area contributed by atoms with Gasteiger partial charge < -0.3 is 20.3 Å². The minimum Gasteiger partial charge on any atom is -0.457 e. The maximum atomic E-state index is 15.3. The number of hydrogen-bond acceptors (Lipinski definition) is 8. The highest BCUT2D eigenvalue weighted by atomic mass is 19.1. The molecule has 4 heterocycles. The molecule has 3 N–H and O–H groups in total. The highest BCUT2D eigenvalue weighted by molar-refractivity contribution is 6.05. The van der Waals surface area contributed by atoms with E-state index in [9.17, 15) is 19.2 Å². The van der Waals surface area contributed by atoms with Gasteiger partial charge in [-0.3, -0.25) is 29.4 Å². The van der Waals surface area contributed by atoms with Crippen LogP contribution < -0.4 is 20.7 Å². The summed E-state index contributed by atoms with van der Waals surface area (Å²) in [5.41, 5.74) is 8.63. The van der Waals surface area contributed by atoms with Gasteiger partial charge in [0.15, 0.2) is 0 Å². The van der Waals surface area contributed by atoms with Crippen LogP contribution in [0.5, 0.6) is 11.5 Å². The summed E-state index contributed by atoms with van der Waals surface area (Å²) in [5, 5.41) is 2.28. The number of rotatable bonds is 9. The Morgan fingerprint density at radius 2 is 1.70 bits per heavy atom. The monoisotopic (exact) mass is 676 g/mol. The fraction of sp³-hybridized carbons (Fsp3) is 0.289. The van der Waals surface area contributed by atoms with Gasteiger partial charge in [-0.25, -0.2) is 9.37 Å². The summed E-state index contributed by atoms with van der Waals surface area (Å²) in [4.78, 5) is 60.0. The average molecular weight is 677 g/mol. The minimum absolute atomic E-state index is 0.0000884. The fourth-order valence-electron chi connectivity index (χ4n) is 7.11. The number of aromatic nitrogens is 1. The smallest absolute Gasteiger partial charge is 0.258 e. The Hall–Kier alpha value is -5.62. The number of nitrogens with two attached hydrogens (primary N) is 1. The maximum Gasteiger partial charge on any atom is 0.258 e. The number of halogens is 1. The molecule has 4 amide bonds. The predicted molar refractivity (Wildman–Crippen MR) is 184 cm³/mol. The van der Waals surface area contributed by atoms with Crippen LogP contribution in [0.2, 0.25) is 0 Å². The number of imide groups is 1. The van der Waals surface area contributed by atoms with Crippen LogP contribution in [0.15, 0.2) is 78.9 Å². The van der Waals surface area contributed by atoms with Crippen LogP contribution in [0, 0.1) is 5.82 Å². The number of fused-ring (bicyclic) bond motifs is 1. The number of primary amides is 1. The molecular weight excluding hydrogens is 639 g/mol. The quantitative estimate of drug-likeness (QED) is 0.245. The largest absolute Gasteiger partial charge is 0.457 e. The number of pyridine rings is 1. The molecule has 3 aliphatic heterocycles. The summed E-state index contributed by atoms with van der Waals surface area (Å²) in [6, 6.07) is 23.1. The molecule has 1 unspecified atom stereocenters. The van der Waals surface area contributed by atoms with Gasteiger partial charge in [-0.2, -0.15) is 0 Å². The van der Waals surface area contributed by atoms with Crippen LogP contribution in [0.3, 0.4) is 0 Å². The van der Waals surface area contributed by atoms with E-state index in [0.29, 0.717) is 29.1 Å². The molecule has 7 rings (SSSR count). The van der Waals surface area contributed by atoms with Crippen molar-refractivity contribution in [1.82, 2.24) is 20.1 Å². The molecule has 2 fully saturated rings. The van der Waals surface area contributed by atoms with E-state index >= 15 is 4.39 Å². The van der Waals surface area contributed by atoms with Crippen LogP contribution in [-0.4, -0.2) is 70.6 Å². The summed E-state index contributed by atoms with van der Waals surface area (Å²) in [6.45, 7) is 2.08. The van der Waals surface area contributed by atoms with Gasteiger partial charge in [0.05, 0.1) is 16.8 Å². The standard InChI is InChI=1S/C38H37FN6O5/c1-43(21-23-19-25-22-45(38(49)34(25)30(39)20-23)31-12-14-33(46)42-37(31)48)26-15-17-44(18-16-26)32-13-11-29(36(40)47)35(41-32)24-7-9-28(10-8-24)50-27-5-3-2-4-6-27/h2-11,13,19-20,26,31H,12,14-18,21-22H2,1H3,(H2,40,47)(H,42,46,48). The zero-order valence-corrected chi connectivity index (χ0v) is 27.6. The van der Waals surface area contributed by atoms with Crippen LogP contribution in [0.4, 0.5) is 10.2 Å². The highest BCUT2D eigenvalue weighted by Gasteiger charge is 2.40. The van der Waals surface area contributed by atoms with Crippen molar-refractivity contribution in [3.05, 3.63) is 107 Å². The van der Waals surface area contributed by atoms with Crippen LogP contribution in [0.1, 0.15) is 57.5 Å². The SMILES string of the molecule is CN(Cc1cc(F)c2c(c1)CN(C1CCC(=O)NC1=O)C2=O)C1CCN(c2ccc(C(N)=O)c(-c3ccc(Oc4ccccc4)cc3)n2)CC1. The number of carbonyl (C=O) groups is 4. The van der Waals surface area contributed by atoms with Gasteiger partial charge in [0.25, 0.3) is 11.8 Å². The van der Waals surface area contributed by atoms with Gasteiger partial charge in [0, 0.05) is 44.2 Å². The number of ether oxygens (including phenoxy) is 1. The van der Waals surface area contributed by atoms with Crippen molar-refractivity contribution >= 4 is 29.4 Å². The van der Waals surface area contributed by atoms with Gasteiger partial charge in [0.2, 0.25) is 11.8 Å². The Balaban J connectivity index is 0.995. The average Bonchev–Trinajstić information content (AvgIpc) is 3.44. The number of piperidine rings is 2. The Morgan fingerprint density at radius 3 is 2.40 bits per heavy atom. The van der Waals surface area contributed by atoms with E-state index in [1.807, 2.05) is 73.8 Å². The number of hydrogen-bond donors (Lipinski definition) is 2. The zero-order valence-electron chi connectivity index (χ0n) is 27.6. The maximum absolute atomic E-state index is 15.3. The minimum atomic E-state index is -0.791. The van der Waals surface area contributed by atoms with Crippen LogP contribution >= 0.6 is 0 Å². The zero-order chi connectivity index (χ0) is 34.9. The van der Waals surface area contributed by atoms with Crippen LogP contribution in [-0.2, 0) is 22.7 Å². The second-order valence-corrected chi connectivity index (χ2v) is 13.0. The molecule has 3 aromatic carbocycles. The number of anilines is 1. The summed E-state index contributed by atoms with van der Waals surface area (Å²) < 4.78 is 21.2. The molecule has 50 heavy (non-hydrogen) atoms. The summed E-state index contributed by atoms with van der Waals surface area (Å²) in [5.74, 6) is -0.422. The lowest BCUT2D eigenvalue weighted by Gasteiger charge is -2.37. The summed E-state index contributed by atoms with van der Waals surface area (Å²) in [7, 11) is 2.01. The molecule has 3 aliphatic rings. The Kier molecular flexibility index (Phi) is 9.02. The van der Waals surface area contributed by atoms with Crippen LogP contribution in [0.25, 0.3) is 11.3 Å². The number of para-hydroxylation sites is 1. The molecule has 0 spiro atoms. The molecule has 2 saturated heterocycles. The molecule has 0 aliphatic carbocycles. The van der Waals surface area contributed by atoms with E-state index in [0.717, 1.165) is 48.6 Å². The van der Waals surface area contributed by atoms with Crippen molar-refractivity contribution in [2.75, 3.05) is 25.0 Å². The third-order valence-electron chi connectivity index (χ3n) is 9.73. The van der Waals surface area contributed by atoms with E-state index in [1.165, 1.54) is 11.0 Å². The first-order valence-corrected chi connectivity index (χ1v) is 16.7. The van der Waals surface area contributed by atoms with Crippen molar-refractivity contribution < 1.29 is 28.3 Å². The molecule has 11 nitrogen and oxygen atoms in total. The third kappa shape index (κ3) is 6.66. The first kappa shape index (κ1) is 32.9. The third-order valence-corrected chi connectivity index (χ3v) is 9.73. The van der Waals surface area contributed by atoms with Crippen molar-refractivity contribution in [2.45, 2.75) is 50.9 Å². The molecule has 1 atom stereocenters. The van der Waals surface area contributed by atoms with Gasteiger partial charge in [0.1, 0.15) is 29.2 Å². The van der Waals surface area contributed by atoms with Crippen molar-refractivity contribution in [3.8, 4) is 22.8 Å². The van der Waals surface area contributed by atoms with Gasteiger partial charge >= 0.3 is 0 Å². The normalized spacial score (nSPS) is 18.0. The second kappa shape index (κ2) is 13.7. The first-order valence-electron chi connectivity index (χ1n) is 16.7. The van der Waals surface area contributed by atoms with Gasteiger partial charge in [-0.05, 0) is 92.0 Å². The number of benzene rings is 3. The van der Waals surface area contributed by atoms with E-state index in [1.54, 1.807) is 6.07 Å².